The molecule has 0 bridgehead atoms. The third-order valence-electron chi connectivity index (χ3n) is 4.33. The van der Waals surface area contributed by atoms with E-state index < -0.39 is 11.1 Å². The Kier molecular flexibility index (Phi) is 5.29. The average molecular weight is 434 g/mol. The highest BCUT2D eigenvalue weighted by atomic mass is 35.5. The number of thioether (sulfide) groups is 1. The smallest absolute Gasteiger partial charge is 0.293 e. The third kappa shape index (κ3) is 3.86. The first kappa shape index (κ1) is 19.5. The number of aromatic hydroxyl groups is 1. The Labute approximate surface area is 175 Å². The van der Waals surface area contributed by atoms with Crippen LogP contribution in [0.25, 0.3) is 6.08 Å². The van der Waals surface area contributed by atoms with E-state index in [2.05, 4.69) is 0 Å². The molecule has 0 aliphatic carbocycles. The lowest BCUT2D eigenvalue weighted by atomic mass is 10.1. The minimum absolute atomic E-state index is 0.00885. The number of phenolic OH excluding ortho intramolecular Hbond substituents is 1. The first-order chi connectivity index (χ1) is 14.0. The van der Waals surface area contributed by atoms with E-state index in [4.69, 9.17) is 25.8 Å². The van der Waals surface area contributed by atoms with Crippen LogP contribution in [0.5, 0.6) is 23.0 Å². The number of ether oxygens (including phenoxy) is 3. The van der Waals surface area contributed by atoms with Gasteiger partial charge < -0.3 is 19.3 Å². The van der Waals surface area contributed by atoms with E-state index in [1.54, 1.807) is 37.3 Å². The van der Waals surface area contributed by atoms with Gasteiger partial charge in [0.05, 0.1) is 18.1 Å². The molecule has 7 nitrogen and oxygen atoms in total. The van der Waals surface area contributed by atoms with Gasteiger partial charge in [0, 0.05) is 11.1 Å². The van der Waals surface area contributed by atoms with Crippen molar-refractivity contribution in [3.63, 3.8) is 0 Å². The Hall–Kier alpha value is -2.84. The number of rotatable bonds is 5. The molecule has 2 aliphatic heterocycles. The fraction of sp³-hybridized carbons (Fsp3) is 0.200. The van der Waals surface area contributed by atoms with Crippen molar-refractivity contribution in [3.05, 3.63) is 51.4 Å². The lowest BCUT2D eigenvalue weighted by molar-refractivity contribution is -0.123. The molecule has 29 heavy (non-hydrogen) atoms. The van der Waals surface area contributed by atoms with Gasteiger partial charge in [-0.25, -0.2) is 0 Å². The van der Waals surface area contributed by atoms with Crippen LogP contribution in [0.15, 0.2) is 35.2 Å². The number of fused-ring (bicyclic) bond motifs is 1. The summed E-state index contributed by atoms with van der Waals surface area (Å²) in [7, 11) is 0. The van der Waals surface area contributed by atoms with Crippen LogP contribution in [0.3, 0.4) is 0 Å². The maximum Gasteiger partial charge on any atom is 0.293 e. The Bertz CT molecular complexity index is 1040. The summed E-state index contributed by atoms with van der Waals surface area (Å²) in [4.78, 5) is 26.6. The van der Waals surface area contributed by atoms with Crippen molar-refractivity contribution < 1.29 is 28.9 Å². The standard InChI is InChI=1S/C20H16ClNO6S/c1-2-26-15-5-11(3-4-14(15)23)6-18-19(24)22(20(25)29-18)9-12-7-16-17(8-13(12)21)28-10-27-16/h3-8,23H,2,9-10H2,1H3/b18-6-. The number of carbonyl (C=O) groups excluding carboxylic acids is 2. The molecule has 0 atom stereocenters. The van der Waals surface area contributed by atoms with Crippen LogP contribution in [0, 0.1) is 0 Å². The van der Waals surface area contributed by atoms with Crippen LogP contribution in [0.2, 0.25) is 5.02 Å². The second-order valence-electron chi connectivity index (χ2n) is 6.22. The number of carbonyl (C=O) groups is 2. The molecule has 0 spiro atoms. The van der Waals surface area contributed by atoms with Crippen molar-refractivity contribution in [2.45, 2.75) is 13.5 Å². The normalized spacial score (nSPS) is 16.8. The van der Waals surface area contributed by atoms with Gasteiger partial charge in [-0.2, -0.15) is 0 Å². The van der Waals surface area contributed by atoms with Crippen LogP contribution in [-0.2, 0) is 11.3 Å². The molecule has 2 heterocycles. The SMILES string of the molecule is CCOc1cc(/C=C2\SC(=O)N(Cc3cc4c(cc3Cl)OCO4)C2=O)ccc1O. The molecule has 0 unspecified atom stereocenters. The highest BCUT2D eigenvalue weighted by Crippen LogP contribution is 2.39. The zero-order valence-corrected chi connectivity index (χ0v) is 16.9. The minimum atomic E-state index is -0.417. The monoisotopic (exact) mass is 433 g/mol. The number of imide groups is 1. The van der Waals surface area contributed by atoms with Crippen LogP contribution < -0.4 is 14.2 Å². The molecule has 9 heteroatoms. The van der Waals surface area contributed by atoms with Crippen LogP contribution in [-0.4, -0.2) is 34.6 Å². The van der Waals surface area contributed by atoms with E-state index in [1.165, 1.54) is 6.07 Å². The summed E-state index contributed by atoms with van der Waals surface area (Å²) < 4.78 is 16.0. The van der Waals surface area contributed by atoms with Gasteiger partial charge in [0.1, 0.15) is 0 Å². The lowest BCUT2D eigenvalue weighted by Gasteiger charge is -2.14. The van der Waals surface area contributed by atoms with Crippen LogP contribution >= 0.6 is 23.4 Å². The van der Waals surface area contributed by atoms with E-state index in [9.17, 15) is 14.7 Å². The van der Waals surface area contributed by atoms with Gasteiger partial charge in [-0.15, -0.1) is 0 Å². The van der Waals surface area contributed by atoms with Crippen molar-refractivity contribution in [2.75, 3.05) is 13.4 Å². The second kappa shape index (κ2) is 7.88. The summed E-state index contributed by atoms with van der Waals surface area (Å²) in [5.41, 5.74) is 1.22. The highest BCUT2D eigenvalue weighted by molar-refractivity contribution is 8.18. The van der Waals surface area contributed by atoms with Gasteiger partial charge >= 0.3 is 0 Å². The predicted octanol–water partition coefficient (Wildman–Crippen LogP) is 4.41. The molecule has 0 saturated carbocycles. The largest absolute Gasteiger partial charge is 0.504 e. The lowest BCUT2D eigenvalue weighted by Crippen LogP contribution is -2.27. The minimum Gasteiger partial charge on any atom is -0.504 e. The Morgan fingerprint density at radius 3 is 2.76 bits per heavy atom. The first-order valence-corrected chi connectivity index (χ1v) is 9.95. The van der Waals surface area contributed by atoms with Gasteiger partial charge in [0.15, 0.2) is 23.0 Å². The van der Waals surface area contributed by atoms with Gasteiger partial charge in [0.2, 0.25) is 6.79 Å². The molecule has 2 aromatic rings. The predicted molar refractivity (Wildman–Crippen MR) is 108 cm³/mol. The van der Waals surface area contributed by atoms with Crippen molar-refractivity contribution in [1.29, 1.82) is 0 Å². The molecule has 150 valence electrons. The maximum absolute atomic E-state index is 12.8. The quantitative estimate of drug-likeness (QED) is 0.699. The zero-order chi connectivity index (χ0) is 20.5. The average Bonchev–Trinajstić information content (AvgIpc) is 3.24. The summed E-state index contributed by atoms with van der Waals surface area (Å²) in [5.74, 6) is 0.964. The number of amides is 2. The summed E-state index contributed by atoms with van der Waals surface area (Å²) >= 11 is 7.11. The topological polar surface area (TPSA) is 85.3 Å². The van der Waals surface area contributed by atoms with Gasteiger partial charge in [-0.1, -0.05) is 17.7 Å². The first-order valence-electron chi connectivity index (χ1n) is 8.75. The Balaban J connectivity index is 1.57. The Morgan fingerprint density at radius 1 is 1.24 bits per heavy atom. The molecule has 2 aliphatic rings. The zero-order valence-electron chi connectivity index (χ0n) is 15.3. The number of phenols is 1. The van der Waals surface area contributed by atoms with Crippen LogP contribution in [0.4, 0.5) is 4.79 Å². The molecule has 4 rings (SSSR count). The van der Waals surface area contributed by atoms with Gasteiger partial charge in [0.25, 0.3) is 11.1 Å². The fourth-order valence-corrected chi connectivity index (χ4v) is 3.98. The van der Waals surface area contributed by atoms with Crippen molar-refractivity contribution in [2.24, 2.45) is 0 Å². The molecule has 1 N–H and O–H groups in total. The van der Waals surface area contributed by atoms with E-state index >= 15 is 0 Å². The summed E-state index contributed by atoms with van der Waals surface area (Å²) in [6.45, 7) is 2.33. The molecule has 1 saturated heterocycles. The third-order valence-corrected chi connectivity index (χ3v) is 5.58. The molecule has 2 amide bonds. The summed E-state index contributed by atoms with van der Waals surface area (Å²) in [5, 5.41) is 9.80. The number of benzene rings is 2. The van der Waals surface area contributed by atoms with Crippen molar-refractivity contribution >= 4 is 40.6 Å². The number of halogens is 1. The molecular formula is C20H16ClNO6S. The summed E-state index contributed by atoms with van der Waals surface area (Å²) in [6, 6.07) is 8.02. The molecule has 2 aromatic carbocycles. The molecular weight excluding hydrogens is 418 g/mol. The summed E-state index contributed by atoms with van der Waals surface area (Å²) in [6.07, 6.45) is 1.59. The van der Waals surface area contributed by atoms with Gasteiger partial charge in [-0.3, -0.25) is 14.5 Å². The number of hydrogen-bond acceptors (Lipinski definition) is 7. The van der Waals surface area contributed by atoms with E-state index in [0.717, 1.165) is 16.7 Å². The maximum atomic E-state index is 12.8. The fourth-order valence-electron chi connectivity index (χ4n) is 2.93. The van der Waals surface area contributed by atoms with E-state index in [0.29, 0.717) is 40.0 Å². The molecule has 0 aromatic heterocycles. The Morgan fingerprint density at radius 2 is 2.00 bits per heavy atom. The van der Waals surface area contributed by atoms with Crippen molar-refractivity contribution in [3.8, 4) is 23.0 Å². The molecule has 1 fully saturated rings. The van der Waals surface area contributed by atoms with E-state index in [1.807, 2.05) is 0 Å². The second-order valence-corrected chi connectivity index (χ2v) is 7.63. The van der Waals surface area contributed by atoms with Crippen LogP contribution in [0.1, 0.15) is 18.1 Å². The highest BCUT2D eigenvalue weighted by Gasteiger charge is 2.35. The van der Waals surface area contributed by atoms with E-state index in [-0.39, 0.29) is 24.0 Å². The molecule has 0 radical (unpaired) electrons. The number of nitrogens with zero attached hydrogens (tertiary/aromatic N) is 1. The van der Waals surface area contributed by atoms with Crippen molar-refractivity contribution in [1.82, 2.24) is 4.90 Å². The number of hydrogen-bond donors (Lipinski definition) is 1. The van der Waals surface area contributed by atoms with Gasteiger partial charge in [-0.05, 0) is 54.1 Å².